The summed E-state index contributed by atoms with van der Waals surface area (Å²) in [6.45, 7) is 3.17. The average Bonchev–Trinajstić information content (AvgIpc) is 2.81. The van der Waals surface area contributed by atoms with E-state index in [0.29, 0.717) is 32.7 Å². The van der Waals surface area contributed by atoms with Crippen LogP contribution in [0.3, 0.4) is 0 Å². The van der Waals surface area contributed by atoms with E-state index >= 15 is 0 Å². The molecule has 164 valence electrons. The predicted molar refractivity (Wildman–Crippen MR) is 115 cm³/mol. The number of nitrogens with one attached hydrogen (secondary N) is 1. The molecule has 0 bridgehead atoms. The van der Waals surface area contributed by atoms with Crippen molar-refractivity contribution < 1.29 is 14.5 Å². The first-order valence-corrected chi connectivity index (χ1v) is 10.4. The van der Waals surface area contributed by atoms with E-state index in [1.54, 1.807) is 31.8 Å². The van der Waals surface area contributed by atoms with Crippen LogP contribution < -0.4 is 15.1 Å². The first-order chi connectivity index (χ1) is 15.1. The van der Waals surface area contributed by atoms with E-state index in [9.17, 15) is 14.9 Å². The summed E-state index contributed by atoms with van der Waals surface area (Å²) in [5.74, 6) is 0.427. The van der Waals surface area contributed by atoms with Crippen LogP contribution in [0.4, 0.5) is 17.2 Å². The maximum absolute atomic E-state index is 13.1. The van der Waals surface area contributed by atoms with Gasteiger partial charge in [0.25, 0.3) is 5.69 Å². The first kappa shape index (κ1) is 21.0. The molecule has 4 rings (SSSR count). The summed E-state index contributed by atoms with van der Waals surface area (Å²) in [6, 6.07) is 4.89. The van der Waals surface area contributed by atoms with E-state index in [4.69, 9.17) is 4.74 Å². The number of nitro benzene ring substituents is 1. The Kier molecular flexibility index (Phi) is 6.26. The fraction of sp³-hybridized carbons (Fsp3) is 0.476. The van der Waals surface area contributed by atoms with Crippen molar-refractivity contribution in [1.82, 2.24) is 15.3 Å². The molecule has 2 atom stereocenters. The van der Waals surface area contributed by atoms with Gasteiger partial charge in [-0.05, 0) is 24.5 Å². The largest absolute Gasteiger partial charge is 0.385 e. The molecule has 2 aliphatic rings. The summed E-state index contributed by atoms with van der Waals surface area (Å²) < 4.78 is 5.06. The van der Waals surface area contributed by atoms with Crippen molar-refractivity contribution in [1.29, 1.82) is 0 Å². The van der Waals surface area contributed by atoms with Gasteiger partial charge in [0.05, 0.1) is 23.1 Å². The lowest BCUT2D eigenvalue weighted by atomic mass is 9.83. The maximum Gasteiger partial charge on any atom is 0.269 e. The SMILES string of the molecule is COCCCNC(=O)C1Cc2cc([N+](=O)[O-])ccc2N2CCN(c3cnccn3)CC12. The highest BCUT2D eigenvalue weighted by atomic mass is 16.6. The number of nitro groups is 1. The first-order valence-electron chi connectivity index (χ1n) is 10.4. The van der Waals surface area contributed by atoms with Gasteiger partial charge in [0.1, 0.15) is 5.82 Å². The number of hydrogen-bond donors (Lipinski definition) is 1. The van der Waals surface area contributed by atoms with E-state index in [2.05, 4.69) is 25.1 Å². The second kappa shape index (κ2) is 9.25. The zero-order valence-corrected chi connectivity index (χ0v) is 17.4. The molecule has 2 aliphatic heterocycles. The quantitative estimate of drug-likeness (QED) is 0.402. The number of piperazine rings is 1. The van der Waals surface area contributed by atoms with Crippen molar-refractivity contribution in [3.8, 4) is 0 Å². The van der Waals surface area contributed by atoms with Crippen molar-refractivity contribution in [2.45, 2.75) is 18.9 Å². The van der Waals surface area contributed by atoms with Gasteiger partial charge in [-0.2, -0.15) is 0 Å². The summed E-state index contributed by atoms with van der Waals surface area (Å²) in [5.41, 5.74) is 1.86. The molecule has 0 saturated carbocycles. The molecule has 0 radical (unpaired) electrons. The number of anilines is 2. The van der Waals surface area contributed by atoms with Gasteiger partial charge >= 0.3 is 0 Å². The second-order valence-corrected chi connectivity index (χ2v) is 7.79. The minimum atomic E-state index is -0.391. The van der Waals surface area contributed by atoms with Gasteiger partial charge in [-0.3, -0.25) is 19.9 Å². The zero-order chi connectivity index (χ0) is 21.8. The average molecular weight is 426 g/mol. The van der Waals surface area contributed by atoms with E-state index in [0.717, 1.165) is 30.0 Å². The Hall–Kier alpha value is -3.27. The fourth-order valence-corrected chi connectivity index (χ4v) is 4.44. The molecule has 0 aliphatic carbocycles. The molecule has 2 aromatic rings. The summed E-state index contributed by atoms with van der Waals surface area (Å²) in [6.07, 6.45) is 6.23. The minimum Gasteiger partial charge on any atom is -0.385 e. The van der Waals surface area contributed by atoms with Crippen LogP contribution in [0, 0.1) is 16.0 Å². The molecular formula is C21H26N6O4. The smallest absolute Gasteiger partial charge is 0.269 e. The lowest BCUT2D eigenvalue weighted by Gasteiger charge is -2.49. The number of nitrogens with zero attached hydrogens (tertiary/aromatic N) is 5. The van der Waals surface area contributed by atoms with E-state index in [1.807, 2.05) is 6.07 Å². The highest BCUT2D eigenvalue weighted by molar-refractivity contribution is 5.82. The molecule has 1 fully saturated rings. The van der Waals surface area contributed by atoms with Gasteiger partial charge in [0.2, 0.25) is 5.91 Å². The van der Waals surface area contributed by atoms with Crippen LogP contribution in [0.25, 0.3) is 0 Å². The Morgan fingerprint density at radius 1 is 1.35 bits per heavy atom. The third kappa shape index (κ3) is 4.43. The topological polar surface area (TPSA) is 114 Å². The van der Waals surface area contributed by atoms with Crippen molar-refractivity contribution in [2.75, 3.05) is 49.7 Å². The minimum absolute atomic E-state index is 0.0377. The molecule has 10 nitrogen and oxygen atoms in total. The van der Waals surface area contributed by atoms with Gasteiger partial charge in [0, 0.05) is 70.1 Å². The van der Waals surface area contributed by atoms with Gasteiger partial charge in [-0.15, -0.1) is 0 Å². The van der Waals surface area contributed by atoms with Crippen molar-refractivity contribution >= 4 is 23.1 Å². The number of fused-ring (bicyclic) bond motifs is 3. The number of benzene rings is 1. The Balaban J connectivity index is 1.60. The molecule has 1 amide bonds. The predicted octanol–water partition coefficient (Wildman–Crippen LogP) is 1.40. The number of carbonyl (C=O) groups excluding carboxylic acids is 1. The Morgan fingerprint density at radius 2 is 2.23 bits per heavy atom. The highest BCUT2D eigenvalue weighted by Gasteiger charge is 2.42. The van der Waals surface area contributed by atoms with E-state index < -0.39 is 4.92 Å². The van der Waals surface area contributed by atoms with Crippen LogP contribution in [0.2, 0.25) is 0 Å². The summed E-state index contributed by atoms with van der Waals surface area (Å²) in [5, 5.41) is 14.3. The van der Waals surface area contributed by atoms with Gasteiger partial charge in [0.15, 0.2) is 0 Å². The van der Waals surface area contributed by atoms with Gasteiger partial charge in [-0.25, -0.2) is 4.98 Å². The molecule has 10 heteroatoms. The standard InChI is InChI=1S/C21H26N6O4/c1-31-10-2-5-24-21(28)17-12-15-11-16(27(29)30)3-4-18(15)26-9-8-25(14-19(17)26)20-13-22-6-7-23-20/h3-4,6-7,11,13,17,19H,2,5,8-10,12,14H2,1H3,(H,24,28). The number of amides is 1. The fourth-order valence-electron chi connectivity index (χ4n) is 4.44. The molecule has 31 heavy (non-hydrogen) atoms. The number of hydrogen-bond acceptors (Lipinski definition) is 8. The number of ether oxygens (including phenoxy) is 1. The van der Waals surface area contributed by atoms with Crippen LogP contribution >= 0.6 is 0 Å². The normalized spacial score (nSPS) is 20.0. The lowest BCUT2D eigenvalue weighted by Crippen LogP contribution is -2.61. The van der Waals surface area contributed by atoms with Crippen molar-refractivity contribution in [3.63, 3.8) is 0 Å². The number of non-ortho nitro benzene ring substituents is 1. The van der Waals surface area contributed by atoms with Crippen molar-refractivity contribution in [3.05, 3.63) is 52.5 Å². The molecule has 1 N–H and O–H groups in total. The maximum atomic E-state index is 13.1. The molecule has 0 spiro atoms. The summed E-state index contributed by atoms with van der Waals surface area (Å²) >= 11 is 0. The van der Waals surface area contributed by atoms with Crippen molar-refractivity contribution in [2.24, 2.45) is 5.92 Å². The van der Waals surface area contributed by atoms with Crippen LogP contribution in [-0.4, -0.2) is 66.7 Å². The second-order valence-electron chi connectivity index (χ2n) is 7.79. The third-order valence-electron chi connectivity index (χ3n) is 5.94. The number of aromatic nitrogens is 2. The zero-order valence-electron chi connectivity index (χ0n) is 17.4. The van der Waals surface area contributed by atoms with Crippen LogP contribution in [-0.2, 0) is 16.0 Å². The van der Waals surface area contributed by atoms with Crippen LogP contribution in [0.15, 0.2) is 36.8 Å². The molecule has 3 heterocycles. The Morgan fingerprint density at radius 3 is 2.97 bits per heavy atom. The van der Waals surface area contributed by atoms with E-state index in [-0.39, 0.29) is 23.6 Å². The molecule has 1 aromatic carbocycles. The van der Waals surface area contributed by atoms with Crippen LogP contribution in [0.1, 0.15) is 12.0 Å². The number of methoxy groups -OCH3 is 1. The summed E-state index contributed by atoms with van der Waals surface area (Å²) in [4.78, 5) is 36.9. The Bertz CT molecular complexity index is 941. The summed E-state index contributed by atoms with van der Waals surface area (Å²) in [7, 11) is 1.63. The molecule has 2 unspecified atom stereocenters. The number of carbonyl (C=O) groups is 1. The highest BCUT2D eigenvalue weighted by Crippen LogP contribution is 2.38. The lowest BCUT2D eigenvalue weighted by molar-refractivity contribution is -0.384. The molecular weight excluding hydrogens is 400 g/mol. The monoisotopic (exact) mass is 426 g/mol. The van der Waals surface area contributed by atoms with Crippen LogP contribution in [0.5, 0.6) is 0 Å². The van der Waals surface area contributed by atoms with Gasteiger partial charge < -0.3 is 19.9 Å². The van der Waals surface area contributed by atoms with E-state index in [1.165, 1.54) is 6.07 Å². The Labute approximate surface area is 180 Å². The third-order valence-corrected chi connectivity index (χ3v) is 5.94. The number of rotatable bonds is 7. The molecule has 1 aromatic heterocycles. The van der Waals surface area contributed by atoms with Gasteiger partial charge in [-0.1, -0.05) is 0 Å². The molecule has 1 saturated heterocycles.